The highest BCUT2D eigenvalue weighted by molar-refractivity contribution is 5.83. The maximum Gasteiger partial charge on any atom is 0.0940 e. The van der Waals surface area contributed by atoms with E-state index >= 15 is 0 Å². The fourth-order valence-corrected chi connectivity index (χ4v) is 2.30. The molecule has 0 aliphatic carbocycles. The molecule has 2 atom stereocenters. The second kappa shape index (κ2) is 6.69. The highest BCUT2D eigenvalue weighted by atomic mass is 16.3. The molecule has 0 fully saturated rings. The third-order valence-electron chi connectivity index (χ3n) is 3.59. The van der Waals surface area contributed by atoms with Gasteiger partial charge in [0.15, 0.2) is 0 Å². The molecule has 0 aromatic heterocycles. The molecule has 0 aliphatic heterocycles. The number of hydrogen-bond donors (Lipinski definition) is 2. The molecule has 2 unspecified atom stereocenters. The van der Waals surface area contributed by atoms with Crippen molar-refractivity contribution >= 4 is 10.8 Å². The van der Waals surface area contributed by atoms with Crippen LogP contribution in [-0.4, -0.2) is 17.7 Å². The van der Waals surface area contributed by atoms with Gasteiger partial charge in [0.05, 0.1) is 6.10 Å². The summed E-state index contributed by atoms with van der Waals surface area (Å²) in [4.78, 5) is 0. The molecular weight excluding hydrogens is 234 g/mol. The molecule has 0 amide bonds. The SMILES string of the molecule is CCCCNC(C)C(O)c1ccc2ccccc2c1. The lowest BCUT2D eigenvalue weighted by atomic mass is 9.99. The van der Waals surface area contributed by atoms with Gasteiger partial charge in [-0.3, -0.25) is 0 Å². The van der Waals surface area contributed by atoms with Crippen molar-refractivity contribution in [1.82, 2.24) is 5.32 Å². The molecule has 19 heavy (non-hydrogen) atoms. The summed E-state index contributed by atoms with van der Waals surface area (Å²) in [6.07, 6.45) is 1.86. The average molecular weight is 257 g/mol. The van der Waals surface area contributed by atoms with Gasteiger partial charge in [0.25, 0.3) is 0 Å². The Labute approximate surface area is 115 Å². The van der Waals surface area contributed by atoms with Crippen molar-refractivity contribution in [1.29, 1.82) is 0 Å². The number of unbranched alkanes of at least 4 members (excludes halogenated alkanes) is 1. The zero-order valence-corrected chi connectivity index (χ0v) is 11.8. The van der Waals surface area contributed by atoms with Crippen LogP contribution in [0.15, 0.2) is 42.5 Å². The summed E-state index contributed by atoms with van der Waals surface area (Å²) in [6.45, 7) is 5.17. The minimum Gasteiger partial charge on any atom is -0.387 e. The maximum absolute atomic E-state index is 10.4. The molecule has 2 nitrogen and oxygen atoms in total. The van der Waals surface area contributed by atoms with Crippen LogP contribution in [-0.2, 0) is 0 Å². The summed E-state index contributed by atoms with van der Waals surface area (Å²) >= 11 is 0. The number of benzene rings is 2. The molecule has 0 spiro atoms. The smallest absolute Gasteiger partial charge is 0.0940 e. The lowest BCUT2D eigenvalue weighted by molar-refractivity contribution is 0.136. The standard InChI is InChI=1S/C17H23NO/c1-3-4-11-18-13(2)17(19)16-10-9-14-7-5-6-8-15(14)12-16/h5-10,12-13,17-19H,3-4,11H2,1-2H3. The quantitative estimate of drug-likeness (QED) is 0.774. The monoisotopic (exact) mass is 257 g/mol. The van der Waals surface area contributed by atoms with Gasteiger partial charge >= 0.3 is 0 Å². The van der Waals surface area contributed by atoms with Crippen molar-refractivity contribution in [2.75, 3.05) is 6.54 Å². The van der Waals surface area contributed by atoms with Gasteiger partial charge in [-0.25, -0.2) is 0 Å². The molecule has 0 saturated carbocycles. The number of hydrogen-bond acceptors (Lipinski definition) is 2. The van der Waals surface area contributed by atoms with E-state index in [9.17, 15) is 5.11 Å². The van der Waals surface area contributed by atoms with Crippen LogP contribution in [0.1, 0.15) is 38.4 Å². The predicted octanol–water partition coefficient (Wildman–Crippen LogP) is 3.65. The first kappa shape index (κ1) is 14.0. The van der Waals surface area contributed by atoms with Gasteiger partial charge < -0.3 is 10.4 Å². The Morgan fingerprint density at radius 3 is 2.58 bits per heavy atom. The minimum atomic E-state index is -0.457. The van der Waals surface area contributed by atoms with Crippen LogP contribution < -0.4 is 5.32 Å². The van der Waals surface area contributed by atoms with E-state index < -0.39 is 6.10 Å². The second-order valence-corrected chi connectivity index (χ2v) is 5.15. The number of fused-ring (bicyclic) bond motifs is 1. The lowest BCUT2D eigenvalue weighted by Crippen LogP contribution is -2.32. The van der Waals surface area contributed by atoms with Crippen LogP contribution in [0.3, 0.4) is 0 Å². The van der Waals surface area contributed by atoms with E-state index in [2.05, 4.69) is 36.5 Å². The largest absolute Gasteiger partial charge is 0.387 e. The van der Waals surface area contributed by atoms with Crippen LogP contribution in [0.4, 0.5) is 0 Å². The fraction of sp³-hybridized carbons (Fsp3) is 0.412. The third-order valence-corrected chi connectivity index (χ3v) is 3.59. The van der Waals surface area contributed by atoms with Gasteiger partial charge in [-0.2, -0.15) is 0 Å². The zero-order valence-electron chi connectivity index (χ0n) is 11.8. The highest BCUT2D eigenvalue weighted by Gasteiger charge is 2.15. The van der Waals surface area contributed by atoms with Gasteiger partial charge in [0, 0.05) is 6.04 Å². The Bertz CT molecular complexity index is 523. The summed E-state index contributed by atoms with van der Waals surface area (Å²) in [5.41, 5.74) is 0.982. The molecule has 0 aliphatic rings. The normalized spacial score (nSPS) is 14.5. The van der Waals surface area contributed by atoms with Gasteiger partial charge in [0.1, 0.15) is 0 Å². The molecule has 2 aromatic rings. The zero-order chi connectivity index (χ0) is 13.7. The van der Waals surface area contributed by atoms with Crippen LogP contribution in [0.25, 0.3) is 10.8 Å². The molecule has 2 rings (SSSR count). The Morgan fingerprint density at radius 1 is 1.11 bits per heavy atom. The Morgan fingerprint density at radius 2 is 1.84 bits per heavy atom. The van der Waals surface area contributed by atoms with Crippen molar-refractivity contribution < 1.29 is 5.11 Å². The molecule has 0 radical (unpaired) electrons. The second-order valence-electron chi connectivity index (χ2n) is 5.15. The van der Waals surface area contributed by atoms with Crippen molar-refractivity contribution in [2.24, 2.45) is 0 Å². The molecule has 0 bridgehead atoms. The Hall–Kier alpha value is -1.38. The summed E-state index contributed by atoms with van der Waals surface area (Å²) in [6, 6.07) is 14.5. The summed E-state index contributed by atoms with van der Waals surface area (Å²) < 4.78 is 0. The molecule has 102 valence electrons. The number of aliphatic hydroxyl groups is 1. The number of aliphatic hydroxyl groups excluding tert-OH is 1. The van der Waals surface area contributed by atoms with Gasteiger partial charge in [-0.1, -0.05) is 49.7 Å². The third kappa shape index (κ3) is 3.55. The maximum atomic E-state index is 10.4. The topological polar surface area (TPSA) is 32.3 Å². The van der Waals surface area contributed by atoms with E-state index in [1.165, 1.54) is 17.2 Å². The molecule has 0 saturated heterocycles. The molecular formula is C17H23NO. The fourth-order valence-electron chi connectivity index (χ4n) is 2.30. The number of rotatable bonds is 6. The van der Waals surface area contributed by atoms with E-state index in [1.807, 2.05) is 25.1 Å². The van der Waals surface area contributed by atoms with E-state index in [0.29, 0.717) is 0 Å². The van der Waals surface area contributed by atoms with Gasteiger partial charge in [-0.05, 0) is 42.3 Å². The van der Waals surface area contributed by atoms with Crippen molar-refractivity contribution in [3.8, 4) is 0 Å². The summed E-state index contributed by atoms with van der Waals surface area (Å²) in [7, 11) is 0. The first-order chi connectivity index (χ1) is 9.22. The lowest BCUT2D eigenvalue weighted by Gasteiger charge is -2.21. The van der Waals surface area contributed by atoms with Crippen LogP contribution >= 0.6 is 0 Å². The van der Waals surface area contributed by atoms with E-state index in [4.69, 9.17) is 0 Å². The first-order valence-corrected chi connectivity index (χ1v) is 7.12. The van der Waals surface area contributed by atoms with Crippen LogP contribution in [0.5, 0.6) is 0 Å². The molecule has 2 aromatic carbocycles. The highest BCUT2D eigenvalue weighted by Crippen LogP contribution is 2.22. The average Bonchev–Trinajstić information content (AvgIpc) is 2.46. The molecule has 0 heterocycles. The van der Waals surface area contributed by atoms with Gasteiger partial charge in [0.2, 0.25) is 0 Å². The summed E-state index contributed by atoms with van der Waals surface area (Å²) in [5, 5.41) is 16.2. The predicted molar refractivity (Wildman–Crippen MR) is 81.3 cm³/mol. The Balaban J connectivity index is 2.09. The number of nitrogens with one attached hydrogen (secondary N) is 1. The van der Waals surface area contributed by atoms with Crippen LogP contribution in [0.2, 0.25) is 0 Å². The van der Waals surface area contributed by atoms with E-state index in [1.54, 1.807) is 0 Å². The molecule has 2 heteroatoms. The van der Waals surface area contributed by atoms with Gasteiger partial charge in [-0.15, -0.1) is 0 Å². The first-order valence-electron chi connectivity index (χ1n) is 7.12. The van der Waals surface area contributed by atoms with Crippen molar-refractivity contribution in [3.63, 3.8) is 0 Å². The Kier molecular flexibility index (Phi) is 4.94. The van der Waals surface area contributed by atoms with Crippen molar-refractivity contribution in [3.05, 3.63) is 48.0 Å². The minimum absolute atomic E-state index is 0.0766. The van der Waals surface area contributed by atoms with Crippen molar-refractivity contribution in [2.45, 2.75) is 38.8 Å². The molecule has 2 N–H and O–H groups in total. The van der Waals surface area contributed by atoms with E-state index in [0.717, 1.165) is 18.5 Å². The summed E-state index contributed by atoms with van der Waals surface area (Å²) in [5.74, 6) is 0. The van der Waals surface area contributed by atoms with E-state index in [-0.39, 0.29) is 6.04 Å². The van der Waals surface area contributed by atoms with Crippen LogP contribution in [0, 0.1) is 0 Å².